The van der Waals surface area contributed by atoms with E-state index in [1.807, 2.05) is 0 Å². The summed E-state index contributed by atoms with van der Waals surface area (Å²) in [5, 5.41) is 4.23. The first kappa shape index (κ1) is 11.9. The molecule has 6 heteroatoms. The molecule has 0 amide bonds. The second-order valence-corrected chi connectivity index (χ2v) is 5.14. The van der Waals surface area contributed by atoms with Crippen molar-refractivity contribution in [3.63, 3.8) is 0 Å². The lowest BCUT2D eigenvalue weighted by Gasteiger charge is -2.20. The van der Waals surface area contributed by atoms with Gasteiger partial charge in [-0.05, 0) is 25.0 Å². The van der Waals surface area contributed by atoms with Gasteiger partial charge in [-0.2, -0.15) is 4.98 Å². The molecule has 94 valence electrons. The molecule has 0 radical (unpaired) electrons. The van der Waals surface area contributed by atoms with Gasteiger partial charge in [0.05, 0.1) is 15.6 Å². The van der Waals surface area contributed by atoms with Gasteiger partial charge in [0.2, 0.25) is 11.7 Å². The fourth-order valence-electron chi connectivity index (χ4n) is 1.91. The fraction of sp³-hybridized carbons (Fsp3) is 0.333. The van der Waals surface area contributed by atoms with Gasteiger partial charge >= 0.3 is 0 Å². The minimum Gasteiger partial charge on any atom is -0.339 e. The van der Waals surface area contributed by atoms with Crippen LogP contribution >= 0.6 is 23.2 Å². The quantitative estimate of drug-likeness (QED) is 0.819. The van der Waals surface area contributed by atoms with Crippen molar-refractivity contribution >= 4 is 23.2 Å². The molecule has 1 fully saturated rings. The molecule has 1 aromatic carbocycles. The molecule has 0 bridgehead atoms. The Morgan fingerprint density at radius 1 is 1.22 bits per heavy atom. The smallest absolute Gasteiger partial charge is 0.230 e. The highest BCUT2D eigenvalue weighted by molar-refractivity contribution is 6.38. The van der Waals surface area contributed by atoms with E-state index in [1.165, 1.54) is 18.6 Å². The lowest BCUT2D eigenvalue weighted by molar-refractivity contribution is 0.292. The summed E-state index contributed by atoms with van der Waals surface area (Å²) >= 11 is 11.9. The lowest BCUT2D eigenvalue weighted by Crippen LogP contribution is -2.08. The van der Waals surface area contributed by atoms with Gasteiger partial charge in [-0.15, -0.1) is 0 Å². The van der Waals surface area contributed by atoms with Gasteiger partial charge in [0.25, 0.3) is 0 Å². The number of nitrogens with zero attached hydrogens (tertiary/aromatic N) is 2. The molecular weight excluding hydrogens is 278 g/mol. The van der Waals surface area contributed by atoms with E-state index in [9.17, 15) is 4.39 Å². The van der Waals surface area contributed by atoms with Gasteiger partial charge in [-0.1, -0.05) is 34.8 Å². The third-order valence-electron chi connectivity index (χ3n) is 3.13. The molecule has 0 saturated heterocycles. The summed E-state index contributed by atoms with van der Waals surface area (Å²) in [5.74, 6) is 0.764. The average molecular weight is 287 g/mol. The van der Waals surface area contributed by atoms with E-state index in [4.69, 9.17) is 27.7 Å². The Hall–Kier alpha value is -1.13. The minimum atomic E-state index is -0.489. The normalized spacial score (nSPS) is 15.7. The predicted octanol–water partition coefficient (Wildman–Crippen LogP) is 4.45. The average Bonchev–Trinajstić information content (AvgIpc) is 2.62. The first-order chi connectivity index (χ1) is 8.65. The van der Waals surface area contributed by atoms with Crippen molar-refractivity contribution in [1.29, 1.82) is 0 Å². The van der Waals surface area contributed by atoms with Crippen LogP contribution in [0.2, 0.25) is 10.0 Å². The van der Waals surface area contributed by atoms with E-state index in [1.54, 1.807) is 0 Å². The first-order valence-corrected chi connectivity index (χ1v) is 6.39. The van der Waals surface area contributed by atoms with Crippen LogP contribution in [0, 0.1) is 5.82 Å². The van der Waals surface area contributed by atoms with E-state index in [0.29, 0.717) is 23.2 Å². The minimum absolute atomic E-state index is 0.181. The van der Waals surface area contributed by atoms with E-state index in [2.05, 4.69) is 10.1 Å². The number of aromatic nitrogens is 2. The molecule has 18 heavy (non-hydrogen) atoms. The molecule has 0 aliphatic heterocycles. The van der Waals surface area contributed by atoms with Gasteiger partial charge in [0.15, 0.2) is 0 Å². The molecule has 1 heterocycles. The molecule has 1 aliphatic carbocycles. The Kier molecular flexibility index (Phi) is 2.99. The van der Waals surface area contributed by atoms with E-state index in [0.717, 1.165) is 12.8 Å². The van der Waals surface area contributed by atoms with Crippen LogP contribution in [-0.4, -0.2) is 10.1 Å². The van der Waals surface area contributed by atoms with Crippen LogP contribution in [0.1, 0.15) is 31.1 Å². The van der Waals surface area contributed by atoms with Gasteiger partial charge in [-0.3, -0.25) is 0 Å². The molecule has 0 spiro atoms. The van der Waals surface area contributed by atoms with Crippen molar-refractivity contribution in [2.24, 2.45) is 0 Å². The van der Waals surface area contributed by atoms with Crippen molar-refractivity contribution in [3.8, 4) is 11.4 Å². The standard InChI is InChI=1S/C12H9Cl2FN2O/c13-8-4-7(15)5-9(14)10(8)11-16-12(18-17-11)6-2-1-3-6/h4-6H,1-3H2. The Labute approximate surface area is 113 Å². The molecule has 0 unspecified atom stereocenters. The molecule has 1 aromatic heterocycles. The van der Waals surface area contributed by atoms with Gasteiger partial charge in [-0.25, -0.2) is 4.39 Å². The highest BCUT2D eigenvalue weighted by Crippen LogP contribution is 2.38. The molecule has 1 aliphatic rings. The van der Waals surface area contributed by atoms with Crippen LogP contribution in [0.5, 0.6) is 0 Å². The summed E-state index contributed by atoms with van der Waals surface area (Å²) in [6.07, 6.45) is 3.31. The topological polar surface area (TPSA) is 38.9 Å². The van der Waals surface area contributed by atoms with Crippen LogP contribution in [0.4, 0.5) is 4.39 Å². The lowest BCUT2D eigenvalue weighted by atomic mass is 9.85. The molecule has 3 rings (SSSR count). The van der Waals surface area contributed by atoms with E-state index < -0.39 is 5.82 Å². The van der Waals surface area contributed by atoms with Crippen molar-refractivity contribution < 1.29 is 8.91 Å². The molecule has 3 nitrogen and oxygen atoms in total. The van der Waals surface area contributed by atoms with Crippen LogP contribution < -0.4 is 0 Å². The highest BCUT2D eigenvalue weighted by Gasteiger charge is 2.26. The molecule has 1 saturated carbocycles. The zero-order valence-corrected chi connectivity index (χ0v) is 10.8. The van der Waals surface area contributed by atoms with Crippen molar-refractivity contribution in [1.82, 2.24) is 10.1 Å². The third-order valence-corrected chi connectivity index (χ3v) is 3.72. The Bertz CT molecular complexity index is 573. The summed E-state index contributed by atoms with van der Waals surface area (Å²) in [6, 6.07) is 2.37. The SMILES string of the molecule is Fc1cc(Cl)c(-c2noc(C3CCC3)n2)c(Cl)c1. The van der Waals surface area contributed by atoms with Crippen LogP contribution in [0.3, 0.4) is 0 Å². The Morgan fingerprint density at radius 3 is 2.44 bits per heavy atom. The zero-order valence-electron chi connectivity index (χ0n) is 9.29. The second-order valence-electron chi connectivity index (χ2n) is 4.33. The maximum Gasteiger partial charge on any atom is 0.230 e. The summed E-state index contributed by atoms with van der Waals surface area (Å²) in [7, 11) is 0. The second kappa shape index (κ2) is 4.52. The summed E-state index contributed by atoms with van der Waals surface area (Å²) in [4.78, 5) is 4.28. The van der Waals surface area contributed by atoms with Crippen LogP contribution in [0.25, 0.3) is 11.4 Å². The van der Waals surface area contributed by atoms with E-state index >= 15 is 0 Å². The number of rotatable bonds is 2. The number of benzene rings is 1. The molecule has 0 N–H and O–H groups in total. The number of hydrogen-bond acceptors (Lipinski definition) is 3. The Morgan fingerprint density at radius 2 is 1.89 bits per heavy atom. The van der Waals surface area contributed by atoms with Crippen molar-refractivity contribution in [3.05, 3.63) is 33.9 Å². The first-order valence-electron chi connectivity index (χ1n) is 5.63. The summed E-state index contributed by atoms with van der Waals surface area (Å²) in [6.45, 7) is 0. The Balaban J connectivity index is 2.01. The maximum absolute atomic E-state index is 13.1. The maximum atomic E-state index is 13.1. The number of halogens is 3. The van der Waals surface area contributed by atoms with Crippen LogP contribution in [-0.2, 0) is 0 Å². The zero-order chi connectivity index (χ0) is 12.7. The monoisotopic (exact) mass is 286 g/mol. The molecule has 0 atom stereocenters. The predicted molar refractivity (Wildman–Crippen MR) is 66.3 cm³/mol. The van der Waals surface area contributed by atoms with Gasteiger partial charge in [0, 0.05) is 5.92 Å². The van der Waals surface area contributed by atoms with Crippen molar-refractivity contribution in [2.45, 2.75) is 25.2 Å². The third kappa shape index (κ3) is 1.99. The van der Waals surface area contributed by atoms with E-state index in [-0.39, 0.29) is 10.0 Å². The van der Waals surface area contributed by atoms with Gasteiger partial charge in [0.1, 0.15) is 5.82 Å². The van der Waals surface area contributed by atoms with Crippen molar-refractivity contribution in [2.75, 3.05) is 0 Å². The summed E-state index contributed by atoms with van der Waals surface area (Å²) in [5.41, 5.74) is 0.411. The number of hydrogen-bond donors (Lipinski definition) is 0. The largest absolute Gasteiger partial charge is 0.339 e. The van der Waals surface area contributed by atoms with Gasteiger partial charge < -0.3 is 4.52 Å². The van der Waals surface area contributed by atoms with Crippen LogP contribution in [0.15, 0.2) is 16.7 Å². The molecule has 2 aromatic rings. The fourth-order valence-corrected chi connectivity index (χ4v) is 2.54. The molecular formula is C12H9Cl2FN2O. The highest BCUT2D eigenvalue weighted by atomic mass is 35.5. The summed E-state index contributed by atoms with van der Waals surface area (Å²) < 4.78 is 18.3.